The molecule has 2 heterocycles. The first-order valence-electron chi connectivity index (χ1n) is 8.73. The average Bonchev–Trinajstić information content (AvgIpc) is 3.13. The number of imide groups is 2. The monoisotopic (exact) mass is 379 g/mol. The summed E-state index contributed by atoms with van der Waals surface area (Å²) in [5, 5.41) is 0. The Balaban J connectivity index is 2.02. The first-order valence-corrected chi connectivity index (χ1v) is 8.73. The van der Waals surface area contributed by atoms with Crippen molar-refractivity contribution in [3.05, 3.63) is 12.2 Å². The van der Waals surface area contributed by atoms with E-state index in [9.17, 15) is 28.8 Å². The molecule has 1 N–H and O–H groups in total. The molecule has 2 aliphatic rings. The van der Waals surface area contributed by atoms with E-state index in [0.29, 0.717) is 11.3 Å². The van der Waals surface area contributed by atoms with Crippen LogP contribution < -0.4 is 5.48 Å². The standard InChI is InChI=1S/C17H21N3O7/c1-2-3-4-5-17(26)27-18-11(21)10-12(19-13(22)6-7-14(19)23)20-15(24)8-9-16(20)25/h6-7,12H,2-5,8-10H2,1H3,(H,18,21). The maximum atomic E-state index is 12.1. The highest BCUT2D eigenvalue weighted by Crippen LogP contribution is 2.23. The van der Waals surface area contributed by atoms with E-state index in [1.165, 1.54) is 0 Å². The van der Waals surface area contributed by atoms with Crippen LogP contribution in [0.2, 0.25) is 0 Å². The van der Waals surface area contributed by atoms with Gasteiger partial charge in [-0.1, -0.05) is 19.8 Å². The summed E-state index contributed by atoms with van der Waals surface area (Å²) >= 11 is 0. The number of unbranched alkanes of at least 4 members (excludes halogenated alkanes) is 2. The van der Waals surface area contributed by atoms with Crippen molar-refractivity contribution in [2.75, 3.05) is 0 Å². The molecule has 1 saturated heterocycles. The van der Waals surface area contributed by atoms with Gasteiger partial charge in [0, 0.05) is 31.4 Å². The topological polar surface area (TPSA) is 130 Å². The fourth-order valence-electron chi connectivity index (χ4n) is 2.82. The van der Waals surface area contributed by atoms with E-state index in [-0.39, 0.29) is 19.3 Å². The molecule has 0 bridgehead atoms. The Morgan fingerprint density at radius 1 is 1.04 bits per heavy atom. The minimum Gasteiger partial charge on any atom is -0.341 e. The molecule has 5 amide bonds. The molecule has 1 atom stereocenters. The van der Waals surface area contributed by atoms with E-state index in [0.717, 1.165) is 29.9 Å². The summed E-state index contributed by atoms with van der Waals surface area (Å²) in [5.74, 6) is -4.10. The predicted octanol–water partition coefficient (Wildman–Crippen LogP) is -0.0687. The molecule has 2 aliphatic heterocycles. The number of nitrogens with one attached hydrogen (secondary N) is 1. The Kier molecular flexibility index (Phi) is 6.80. The normalized spacial score (nSPS) is 17.7. The molecule has 1 fully saturated rings. The lowest BCUT2D eigenvalue weighted by molar-refractivity contribution is -0.162. The second kappa shape index (κ2) is 9.06. The third kappa shape index (κ3) is 4.99. The maximum absolute atomic E-state index is 12.1. The van der Waals surface area contributed by atoms with E-state index < -0.39 is 48.1 Å². The Hall–Kier alpha value is -3.04. The Morgan fingerprint density at radius 3 is 2.19 bits per heavy atom. The molecule has 0 aliphatic carbocycles. The molecule has 0 spiro atoms. The molecule has 0 aromatic carbocycles. The summed E-state index contributed by atoms with van der Waals surface area (Å²) < 4.78 is 0. The smallest absolute Gasteiger partial charge is 0.332 e. The van der Waals surface area contributed by atoms with Crippen LogP contribution in [0, 0.1) is 0 Å². The van der Waals surface area contributed by atoms with Gasteiger partial charge in [0.1, 0.15) is 6.17 Å². The second-order valence-corrected chi connectivity index (χ2v) is 6.18. The molecule has 146 valence electrons. The van der Waals surface area contributed by atoms with Crippen molar-refractivity contribution in [2.45, 2.75) is 58.0 Å². The van der Waals surface area contributed by atoms with E-state index >= 15 is 0 Å². The second-order valence-electron chi connectivity index (χ2n) is 6.18. The average molecular weight is 379 g/mol. The first kappa shape index (κ1) is 20.3. The number of carbonyl (C=O) groups is 6. The lowest BCUT2D eigenvalue weighted by atomic mass is 10.2. The van der Waals surface area contributed by atoms with E-state index in [1.807, 2.05) is 12.4 Å². The molecule has 10 nitrogen and oxygen atoms in total. The largest absolute Gasteiger partial charge is 0.341 e. The molecule has 1 unspecified atom stereocenters. The number of hydrogen-bond acceptors (Lipinski definition) is 7. The molecule has 0 aromatic heterocycles. The van der Waals surface area contributed by atoms with Gasteiger partial charge in [-0.25, -0.2) is 4.79 Å². The maximum Gasteiger partial charge on any atom is 0.332 e. The van der Waals surface area contributed by atoms with Gasteiger partial charge in [-0.05, 0) is 6.42 Å². The number of amides is 5. The molecular formula is C17H21N3O7. The van der Waals surface area contributed by atoms with Crippen molar-refractivity contribution >= 4 is 35.5 Å². The number of hydrogen-bond donors (Lipinski definition) is 1. The van der Waals surface area contributed by atoms with Crippen LogP contribution in [0.5, 0.6) is 0 Å². The third-order valence-electron chi connectivity index (χ3n) is 4.16. The predicted molar refractivity (Wildman–Crippen MR) is 88.9 cm³/mol. The number of likely N-dealkylation sites (tertiary alicyclic amines) is 1. The van der Waals surface area contributed by atoms with Crippen LogP contribution in [0.4, 0.5) is 0 Å². The number of nitrogens with zero attached hydrogens (tertiary/aromatic N) is 2. The van der Waals surface area contributed by atoms with Crippen molar-refractivity contribution in [3.63, 3.8) is 0 Å². The zero-order valence-corrected chi connectivity index (χ0v) is 14.9. The quantitative estimate of drug-likeness (QED) is 0.355. The minimum absolute atomic E-state index is 0.0625. The van der Waals surface area contributed by atoms with Crippen molar-refractivity contribution in [3.8, 4) is 0 Å². The molecule has 27 heavy (non-hydrogen) atoms. The lowest BCUT2D eigenvalue weighted by Gasteiger charge is -2.32. The highest BCUT2D eigenvalue weighted by Gasteiger charge is 2.43. The number of rotatable bonds is 8. The van der Waals surface area contributed by atoms with Crippen LogP contribution in [0.25, 0.3) is 0 Å². The summed E-state index contributed by atoms with van der Waals surface area (Å²) in [7, 11) is 0. The van der Waals surface area contributed by atoms with Gasteiger partial charge < -0.3 is 4.84 Å². The number of hydroxylamine groups is 1. The summed E-state index contributed by atoms with van der Waals surface area (Å²) in [6.07, 6.45) is 2.39. The van der Waals surface area contributed by atoms with Crippen LogP contribution in [-0.2, 0) is 33.6 Å². The van der Waals surface area contributed by atoms with Gasteiger partial charge in [0.2, 0.25) is 11.8 Å². The van der Waals surface area contributed by atoms with Crippen LogP contribution in [0.1, 0.15) is 51.9 Å². The van der Waals surface area contributed by atoms with Gasteiger partial charge in [0.25, 0.3) is 17.7 Å². The van der Waals surface area contributed by atoms with Crippen LogP contribution >= 0.6 is 0 Å². The SMILES string of the molecule is CCCCCC(=O)ONC(=O)CC(N1C(=O)C=CC1=O)N1C(=O)CCC1=O. The van der Waals surface area contributed by atoms with Gasteiger partial charge in [-0.2, -0.15) is 5.48 Å². The van der Waals surface area contributed by atoms with Crippen molar-refractivity contribution < 1.29 is 33.6 Å². The minimum atomic E-state index is -1.40. The lowest BCUT2D eigenvalue weighted by Crippen LogP contribution is -2.54. The molecule has 0 saturated carbocycles. The Labute approximate surface area is 155 Å². The first-order chi connectivity index (χ1) is 12.8. The van der Waals surface area contributed by atoms with E-state index in [4.69, 9.17) is 0 Å². The Bertz CT molecular complexity index is 665. The van der Waals surface area contributed by atoms with E-state index in [1.54, 1.807) is 0 Å². The summed E-state index contributed by atoms with van der Waals surface area (Å²) in [4.78, 5) is 77.6. The molecule has 0 radical (unpaired) electrons. The van der Waals surface area contributed by atoms with Crippen LogP contribution in [-0.4, -0.2) is 51.5 Å². The van der Waals surface area contributed by atoms with Gasteiger partial charge in [-0.3, -0.25) is 33.8 Å². The van der Waals surface area contributed by atoms with Gasteiger partial charge >= 0.3 is 5.97 Å². The van der Waals surface area contributed by atoms with Gasteiger partial charge in [0.15, 0.2) is 0 Å². The molecule has 0 aromatic rings. The zero-order valence-electron chi connectivity index (χ0n) is 14.9. The summed E-state index contributed by atoms with van der Waals surface area (Å²) in [6, 6.07) is 0. The summed E-state index contributed by atoms with van der Waals surface area (Å²) in [5.41, 5.74) is 1.94. The van der Waals surface area contributed by atoms with Gasteiger partial charge in [-0.15, -0.1) is 0 Å². The number of carbonyl (C=O) groups excluding carboxylic acids is 6. The molecular weight excluding hydrogens is 358 g/mol. The van der Waals surface area contributed by atoms with Crippen LogP contribution in [0.15, 0.2) is 12.2 Å². The van der Waals surface area contributed by atoms with Crippen molar-refractivity contribution in [1.82, 2.24) is 15.3 Å². The fourth-order valence-corrected chi connectivity index (χ4v) is 2.82. The fraction of sp³-hybridized carbons (Fsp3) is 0.529. The highest BCUT2D eigenvalue weighted by molar-refractivity contribution is 6.14. The highest BCUT2D eigenvalue weighted by atomic mass is 16.7. The van der Waals surface area contributed by atoms with Gasteiger partial charge in [0.05, 0.1) is 6.42 Å². The molecule has 10 heteroatoms. The Morgan fingerprint density at radius 2 is 1.63 bits per heavy atom. The van der Waals surface area contributed by atoms with E-state index in [2.05, 4.69) is 4.84 Å². The summed E-state index contributed by atoms with van der Waals surface area (Å²) in [6.45, 7) is 1.98. The van der Waals surface area contributed by atoms with Crippen molar-refractivity contribution in [2.24, 2.45) is 0 Å². The third-order valence-corrected chi connectivity index (χ3v) is 4.16. The van der Waals surface area contributed by atoms with Crippen molar-refractivity contribution in [1.29, 1.82) is 0 Å². The van der Waals surface area contributed by atoms with Crippen LogP contribution in [0.3, 0.4) is 0 Å². The molecule has 2 rings (SSSR count). The zero-order chi connectivity index (χ0) is 20.0.